The van der Waals surface area contributed by atoms with Crippen LogP contribution in [0.4, 0.5) is 10.1 Å². The number of carbonyl (C=O) groups is 1. The van der Waals surface area contributed by atoms with Crippen molar-refractivity contribution in [2.24, 2.45) is 0 Å². The molecule has 0 fully saturated rings. The lowest BCUT2D eigenvalue weighted by Gasteiger charge is -2.22. The van der Waals surface area contributed by atoms with Crippen LogP contribution in [-0.4, -0.2) is 33.8 Å². The Bertz CT molecular complexity index is 530. The van der Waals surface area contributed by atoms with Crippen LogP contribution in [0.25, 0.3) is 0 Å². The van der Waals surface area contributed by atoms with Crippen molar-refractivity contribution in [2.45, 2.75) is 6.92 Å². The lowest BCUT2D eigenvalue weighted by molar-refractivity contribution is -0.138. The molecular formula is C11H14FNO4S. The summed E-state index contributed by atoms with van der Waals surface area (Å²) in [6.45, 7) is 0.967. The first-order chi connectivity index (χ1) is 8.40. The number of halogens is 1. The average Bonchev–Trinajstić information content (AvgIpc) is 2.35. The molecule has 0 saturated carbocycles. The molecule has 7 heteroatoms. The summed E-state index contributed by atoms with van der Waals surface area (Å²) in [6.07, 6.45) is 0. The molecule has 0 atom stereocenters. The third-order valence-corrected chi connectivity index (χ3v) is 4.04. The Morgan fingerprint density at radius 3 is 2.61 bits per heavy atom. The number of esters is 1. The molecular weight excluding hydrogens is 261 g/mol. The van der Waals surface area contributed by atoms with Crippen molar-refractivity contribution in [3.63, 3.8) is 0 Å². The number of anilines is 1. The van der Waals surface area contributed by atoms with E-state index in [-0.39, 0.29) is 11.4 Å². The monoisotopic (exact) mass is 275 g/mol. The summed E-state index contributed by atoms with van der Waals surface area (Å²) >= 11 is 0. The molecule has 0 radical (unpaired) electrons. The van der Waals surface area contributed by atoms with Gasteiger partial charge in [-0.05, 0) is 25.1 Å². The van der Waals surface area contributed by atoms with Gasteiger partial charge in [-0.2, -0.15) is 0 Å². The van der Waals surface area contributed by atoms with E-state index in [9.17, 15) is 17.6 Å². The van der Waals surface area contributed by atoms with Gasteiger partial charge in [-0.25, -0.2) is 12.8 Å². The molecule has 0 aromatic heterocycles. The molecule has 1 aromatic carbocycles. The van der Waals surface area contributed by atoms with Crippen LogP contribution in [0.3, 0.4) is 0 Å². The molecule has 0 bridgehead atoms. The number of hydrogen-bond donors (Lipinski definition) is 0. The van der Waals surface area contributed by atoms with Gasteiger partial charge in [0.2, 0.25) is 10.0 Å². The van der Waals surface area contributed by atoms with Gasteiger partial charge in [0.05, 0.1) is 18.6 Å². The standard InChI is InChI=1S/C11H14FNO4S/c1-3-18(15,16)13(8-11(14)17-2)10-6-4-5-9(12)7-10/h4-7H,3,8H2,1-2H3. The van der Waals surface area contributed by atoms with Crippen LogP contribution < -0.4 is 4.31 Å². The van der Waals surface area contributed by atoms with Crippen molar-refractivity contribution in [1.82, 2.24) is 0 Å². The molecule has 100 valence electrons. The topological polar surface area (TPSA) is 63.7 Å². The van der Waals surface area contributed by atoms with Gasteiger partial charge in [0.25, 0.3) is 0 Å². The van der Waals surface area contributed by atoms with Crippen molar-refractivity contribution in [2.75, 3.05) is 23.7 Å². The van der Waals surface area contributed by atoms with Crippen LogP contribution in [0.2, 0.25) is 0 Å². The van der Waals surface area contributed by atoms with Crippen molar-refractivity contribution in [1.29, 1.82) is 0 Å². The first kappa shape index (κ1) is 14.4. The molecule has 0 aliphatic rings. The van der Waals surface area contributed by atoms with E-state index in [1.807, 2.05) is 0 Å². The lowest BCUT2D eigenvalue weighted by atomic mass is 10.3. The van der Waals surface area contributed by atoms with Crippen LogP contribution in [0.5, 0.6) is 0 Å². The summed E-state index contributed by atoms with van der Waals surface area (Å²) < 4.78 is 42.1. The number of sulfonamides is 1. The number of nitrogens with zero attached hydrogens (tertiary/aromatic N) is 1. The van der Waals surface area contributed by atoms with E-state index in [1.165, 1.54) is 25.1 Å². The Morgan fingerprint density at radius 2 is 2.11 bits per heavy atom. The maximum absolute atomic E-state index is 13.1. The quantitative estimate of drug-likeness (QED) is 0.756. The predicted molar refractivity (Wildman–Crippen MR) is 65.2 cm³/mol. The molecule has 0 N–H and O–H groups in total. The zero-order valence-electron chi connectivity index (χ0n) is 10.1. The third-order valence-electron chi connectivity index (χ3n) is 2.30. The molecule has 0 heterocycles. The average molecular weight is 275 g/mol. The van der Waals surface area contributed by atoms with Gasteiger partial charge in [-0.1, -0.05) is 6.07 Å². The molecule has 0 aliphatic carbocycles. The molecule has 0 spiro atoms. The molecule has 0 aliphatic heterocycles. The Morgan fingerprint density at radius 1 is 1.44 bits per heavy atom. The molecule has 0 saturated heterocycles. The fourth-order valence-electron chi connectivity index (χ4n) is 1.32. The predicted octanol–water partition coefficient (Wildman–Crippen LogP) is 1.15. The molecule has 1 rings (SSSR count). The number of carbonyl (C=O) groups excluding carboxylic acids is 1. The van der Waals surface area contributed by atoms with Gasteiger partial charge in [0.1, 0.15) is 12.4 Å². The summed E-state index contributed by atoms with van der Waals surface area (Å²) in [6, 6.07) is 5.04. The maximum atomic E-state index is 13.1. The number of hydrogen-bond acceptors (Lipinski definition) is 4. The fraction of sp³-hybridized carbons (Fsp3) is 0.364. The Kier molecular flexibility index (Phi) is 4.66. The highest BCUT2D eigenvalue weighted by atomic mass is 32.2. The van der Waals surface area contributed by atoms with E-state index < -0.39 is 28.4 Å². The van der Waals surface area contributed by atoms with Crippen molar-refractivity contribution in [3.8, 4) is 0 Å². The highest BCUT2D eigenvalue weighted by Crippen LogP contribution is 2.19. The minimum atomic E-state index is -3.67. The van der Waals surface area contributed by atoms with Gasteiger partial charge in [0.15, 0.2) is 0 Å². The van der Waals surface area contributed by atoms with Gasteiger partial charge in [-0.15, -0.1) is 0 Å². The first-order valence-corrected chi connectivity index (χ1v) is 6.84. The fourth-order valence-corrected chi connectivity index (χ4v) is 2.37. The van der Waals surface area contributed by atoms with E-state index >= 15 is 0 Å². The third kappa shape index (κ3) is 3.43. The van der Waals surface area contributed by atoms with Gasteiger partial charge >= 0.3 is 5.97 Å². The highest BCUT2D eigenvalue weighted by Gasteiger charge is 2.23. The summed E-state index contributed by atoms with van der Waals surface area (Å²) in [5, 5.41) is 0. The Labute approximate surface area is 105 Å². The van der Waals surface area contributed by atoms with Crippen molar-refractivity contribution < 1.29 is 22.3 Å². The molecule has 5 nitrogen and oxygen atoms in total. The van der Waals surface area contributed by atoms with Gasteiger partial charge in [0, 0.05) is 0 Å². The van der Waals surface area contributed by atoms with E-state index in [4.69, 9.17) is 0 Å². The van der Waals surface area contributed by atoms with E-state index in [0.29, 0.717) is 0 Å². The maximum Gasteiger partial charge on any atom is 0.326 e. The van der Waals surface area contributed by atoms with Crippen LogP contribution in [0, 0.1) is 5.82 Å². The molecule has 0 unspecified atom stereocenters. The molecule has 1 aromatic rings. The largest absolute Gasteiger partial charge is 0.468 e. The van der Waals surface area contributed by atoms with Crippen LogP contribution >= 0.6 is 0 Å². The second-order valence-corrected chi connectivity index (χ2v) is 5.65. The second kappa shape index (κ2) is 5.81. The minimum Gasteiger partial charge on any atom is -0.468 e. The minimum absolute atomic E-state index is 0.0993. The van der Waals surface area contributed by atoms with Gasteiger partial charge in [-0.3, -0.25) is 9.10 Å². The summed E-state index contributed by atoms with van der Waals surface area (Å²) in [5.74, 6) is -1.48. The van der Waals surface area contributed by atoms with Crippen LogP contribution in [-0.2, 0) is 19.6 Å². The van der Waals surface area contributed by atoms with Crippen LogP contribution in [0.1, 0.15) is 6.92 Å². The second-order valence-electron chi connectivity index (χ2n) is 3.46. The molecule has 0 amide bonds. The highest BCUT2D eigenvalue weighted by molar-refractivity contribution is 7.92. The zero-order valence-corrected chi connectivity index (χ0v) is 10.9. The number of benzene rings is 1. The smallest absolute Gasteiger partial charge is 0.326 e. The van der Waals surface area contributed by atoms with E-state index in [1.54, 1.807) is 0 Å². The summed E-state index contributed by atoms with van der Waals surface area (Å²) in [7, 11) is -2.51. The lowest BCUT2D eigenvalue weighted by Crippen LogP contribution is -2.37. The number of rotatable bonds is 5. The normalized spacial score (nSPS) is 11.1. The van der Waals surface area contributed by atoms with Crippen LogP contribution in [0.15, 0.2) is 24.3 Å². The van der Waals surface area contributed by atoms with E-state index in [0.717, 1.165) is 17.5 Å². The van der Waals surface area contributed by atoms with E-state index in [2.05, 4.69) is 4.74 Å². The SMILES string of the molecule is CCS(=O)(=O)N(CC(=O)OC)c1cccc(F)c1. The number of methoxy groups -OCH3 is 1. The van der Waals surface area contributed by atoms with Crippen molar-refractivity contribution >= 4 is 21.7 Å². The van der Waals surface area contributed by atoms with Crippen molar-refractivity contribution in [3.05, 3.63) is 30.1 Å². The number of ether oxygens (including phenoxy) is 1. The Balaban J connectivity index is 3.17. The molecule has 18 heavy (non-hydrogen) atoms. The summed E-state index contributed by atoms with van der Waals surface area (Å²) in [4.78, 5) is 11.2. The zero-order chi connectivity index (χ0) is 13.8. The first-order valence-electron chi connectivity index (χ1n) is 5.23. The van der Waals surface area contributed by atoms with Gasteiger partial charge < -0.3 is 4.74 Å². The Hall–Kier alpha value is -1.63. The summed E-state index contributed by atoms with van der Waals surface area (Å²) in [5.41, 5.74) is 0.0993.